The average molecular weight is 248 g/mol. The van der Waals surface area contributed by atoms with Crippen molar-refractivity contribution < 1.29 is 4.79 Å². The molecule has 0 fully saturated rings. The molecule has 0 amide bonds. The zero-order chi connectivity index (χ0) is 12.4. The molecule has 2 rings (SSSR count). The molecular formula is C13H10ClNO2. The summed E-state index contributed by atoms with van der Waals surface area (Å²) >= 11 is 5.80. The summed E-state index contributed by atoms with van der Waals surface area (Å²) in [7, 11) is 0. The largest absolute Gasteiger partial charge is 0.326 e. The van der Waals surface area contributed by atoms with Crippen molar-refractivity contribution in [1.82, 2.24) is 4.98 Å². The van der Waals surface area contributed by atoms with Gasteiger partial charge in [-0.15, -0.1) is 0 Å². The van der Waals surface area contributed by atoms with E-state index in [0.717, 1.165) is 5.69 Å². The maximum atomic E-state index is 12.1. The molecule has 0 aliphatic heterocycles. The maximum absolute atomic E-state index is 12.1. The molecule has 0 spiro atoms. The molecule has 0 saturated carbocycles. The Kier molecular flexibility index (Phi) is 3.11. The number of halogens is 1. The van der Waals surface area contributed by atoms with E-state index in [0.29, 0.717) is 10.6 Å². The van der Waals surface area contributed by atoms with Crippen molar-refractivity contribution in [3.63, 3.8) is 0 Å². The van der Waals surface area contributed by atoms with Crippen LogP contribution in [0.5, 0.6) is 0 Å². The minimum atomic E-state index is -0.380. The normalized spacial score (nSPS) is 10.2. The molecule has 0 atom stereocenters. The first-order valence-corrected chi connectivity index (χ1v) is 5.46. The Morgan fingerprint density at radius 2 is 2.00 bits per heavy atom. The molecular weight excluding hydrogens is 238 g/mol. The van der Waals surface area contributed by atoms with E-state index in [2.05, 4.69) is 4.98 Å². The number of nitrogens with one attached hydrogen (secondary N) is 1. The second kappa shape index (κ2) is 4.55. The van der Waals surface area contributed by atoms with E-state index in [1.807, 2.05) is 0 Å². The van der Waals surface area contributed by atoms with Crippen molar-refractivity contribution in [2.75, 3.05) is 0 Å². The Morgan fingerprint density at radius 1 is 1.24 bits per heavy atom. The number of benzene rings is 1. The monoisotopic (exact) mass is 247 g/mol. The summed E-state index contributed by atoms with van der Waals surface area (Å²) in [5.74, 6) is -0.325. The first-order chi connectivity index (χ1) is 8.08. The van der Waals surface area contributed by atoms with E-state index in [9.17, 15) is 9.59 Å². The molecule has 1 N–H and O–H groups in total. The zero-order valence-electron chi connectivity index (χ0n) is 9.16. The van der Waals surface area contributed by atoms with Crippen LogP contribution in [0.25, 0.3) is 0 Å². The van der Waals surface area contributed by atoms with Gasteiger partial charge in [0.15, 0.2) is 5.78 Å². The number of H-pyrrole nitrogens is 1. The van der Waals surface area contributed by atoms with E-state index >= 15 is 0 Å². The number of ketones is 1. The van der Waals surface area contributed by atoms with Crippen molar-refractivity contribution in [3.8, 4) is 0 Å². The zero-order valence-corrected chi connectivity index (χ0v) is 9.91. The van der Waals surface area contributed by atoms with Crippen molar-refractivity contribution in [3.05, 3.63) is 68.6 Å². The Balaban J connectivity index is 2.48. The summed E-state index contributed by atoms with van der Waals surface area (Å²) < 4.78 is 0. The number of hydrogen-bond acceptors (Lipinski definition) is 2. The third kappa shape index (κ3) is 2.45. The number of pyridine rings is 1. The highest BCUT2D eigenvalue weighted by atomic mass is 35.5. The Bertz CT molecular complexity index is 631. The molecule has 1 aromatic carbocycles. The van der Waals surface area contributed by atoms with Gasteiger partial charge in [-0.1, -0.05) is 23.7 Å². The minimum Gasteiger partial charge on any atom is -0.326 e. The standard InChI is InChI=1S/C13H10ClNO2/c1-8-5-6-11(13(17)15-8)12(16)9-3-2-4-10(14)7-9/h2-7H,1H3,(H,15,17). The van der Waals surface area contributed by atoms with Crippen LogP contribution >= 0.6 is 11.6 Å². The molecule has 2 aromatic rings. The van der Waals surface area contributed by atoms with Crippen LogP contribution in [0.2, 0.25) is 5.02 Å². The number of aryl methyl sites for hydroxylation is 1. The third-order valence-corrected chi connectivity index (χ3v) is 2.62. The molecule has 0 bridgehead atoms. The predicted octanol–water partition coefficient (Wildman–Crippen LogP) is 2.57. The van der Waals surface area contributed by atoms with Crippen LogP contribution in [0, 0.1) is 6.92 Å². The van der Waals surface area contributed by atoms with Gasteiger partial charge < -0.3 is 4.98 Å². The molecule has 3 nitrogen and oxygen atoms in total. The molecule has 86 valence electrons. The fourth-order valence-electron chi connectivity index (χ4n) is 1.54. The van der Waals surface area contributed by atoms with Crippen molar-refractivity contribution in [2.24, 2.45) is 0 Å². The summed E-state index contributed by atoms with van der Waals surface area (Å²) in [6.07, 6.45) is 0. The van der Waals surface area contributed by atoms with Gasteiger partial charge in [0, 0.05) is 16.3 Å². The number of rotatable bonds is 2. The van der Waals surface area contributed by atoms with Gasteiger partial charge in [-0.3, -0.25) is 9.59 Å². The quantitative estimate of drug-likeness (QED) is 0.830. The van der Waals surface area contributed by atoms with E-state index in [1.54, 1.807) is 37.3 Å². The number of aromatic amines is 1. The number of carbonyl (C=O) groups is 1. The Hall–Kier alpha value is -1.87. The maximum Gasteiger partial charge on any atom is 0.259 e. The fourth-order valence-corrected chi connectivity index (χ4v) is 1.73. The summed E-state index contributed by atoms with van der Waals surface area (Å²) in [6.45, 7) is 1.76. The molecule has 0 aliphatic rings. The fraction of sp³-hybridized carbons (Fsp3) is 0.0769. The topological polar surface area (TPSA) is 49.9 Å². The van der Waals surface area contributed by atoms with Crippen LogP contribution in [0.1, 0.15) is 21.6 Å². The minimum absolute atomic E-state index is 0.123. The molecule has 0 aliphatic carbocycles. The molecule has 1 aromatic heterocycles. The molecule has 1 heterocycles. The van der Waals surface area contributed by atoms with Crippen LogP contribution in [-0.4, -0.2) is 10.8 Å². The van der Waals surface area contributed by atoms with Gasteiger partial charge in [0.1, 0.15) is 0 Å². The van der Waals surface area contributed by atoms with Crippen LogP contribution in [0.4, 0.5) is 0 Å². The highest BCUT2D eigenvalue weighted by Crippen LogP contribution is 2.13. The van der Waals surface area contributed by atoms with Crippen molar-refractivity contribution >= 4 is 17.4 Å². The molecule has 0 saturated heterocycles. The van der Waals surface area contributed by atoms with Gasteiger partial charge in [0.25, 0.3) is 5.56 Å². The van der Waals surface area contributed by atoms with E-state index < -0.39 is 0 Å². The SMILES string of the molecule is Cc1ccc(C(=O)c2cccc(Cl)c2)c(=O)[nH]1. The summed E-state index contributed by atoms with van der Waals surface area (Å²) in [6, 6.07) is 9.75. The number of hydrogen-bond donors (Lipinski definition) is 1. The van der Waals surface area contributed by atoms with Crippen molar-refractivity contribution in [2.45, 2.75) is 6.92 Å². The van der Waals surface area contributed by atoms with E-state index in [4.69, 9.17) is 11.6 Å². The highest BCUT2D eigenvalue weighted by molar-refractivity contribution is 6.31. The summed E-state index contributed by atoms with van der Waals surface area (Å²) in [4.78, 5) is 26.3. The van der Waals surface area contributed by atoms with Crippen molar-refractivity contribution in [1.29, 1.82) is 0 Å². The lowest BCUT2D eigenvalue weighted by Crippen LogP contribution is -2.18. The number of carbonyl (C=O) groups excluding carboxylic acids is 1. The van der Waals surface area contributed by atoms with E-state index in [-0.39, 0.29) is 16.9 Å². The summed E-state index contributed by atoms with van der Waals surface area (Å²) in [5, 5.41) is 0.472. The Labute approximate surface area is 103 Å². The first-order valence-electron chi connectivity index (χ1n) is 5.08. The van der Waals surface area contributed by atoms with Gasteiger partial charge in [-0.2, -0.15) is 0 Å². The van der Waals surface area contributed by atoms with Crippen LogP contribution < -0.4 is 5.56 Å². The highest BCUT2D eigenvalue weighted by Gasteiger charge is 2.12. The predicted molar refractivity (Wildman–Crippen MR) is 66.7 cm³/mol. The molecule has 0 unspecified atom stereocenters. The average Bonchev–Trinajstić information content (AvgIpc) is 2.28. The van der Waals surface area contributed by atoms with Gasteiger partial charge in [0.2, 0.25) is 0 Å². The lowest BCUT2D eigenvalue weighted by molar-refractivity contribution is 0.103. The van der Waals surface area contributed by atoms with Gasteiger partial charge in [-0.05, 0) is 31.2 Å². The van der Waals surface area contributed by atoms with Crippen LogP contribution in [-0.2, 0) is 0 Å². The lowest BCUT2D eigenvalue weighted by Gasteiger charge is -2.01. The van der Waals surface area contributed by atoms with Gasteiger partial charge >= 0.3 is 0 Å². The summed E-state index contributed by atoms with van der Waals surface area (Å²) in [5.41, 5.74) is 0.873. The lowest BCUT2D eigenvalue weighted by atomic mass is 10.0. The second-order valence-electron chi connectivity index (χ2n) is 3.72. The van der Waals surface area contributed by atoms with Gasteiger partial charge in [-0.25, -0.2) is 0 Å². The second-order valence-corrected chi connectivity index (χ2v) is 4.16. The molecule has 0 radical (unpaired) electrons. The molecule has 17 heavy (non-hydrogen) atoms. The van der Waals surface area contributed by atoms with Gasteiger partial charge in [0.05, 0.1) is 5.56 Å². The third-order valence-electron chi connectivity index (χ3n) is 2.39. The number of aromatic nitrogens is 1. The van der Waals surface area contributed by atoms with Crippen LogP contribution in [0.15, 0.2) is 41.2 Å². The van der Waals surface area contributed by atoms with Crippen LogP contribution in [0.3, 0.4) is 0 Å². The smallest absolute Gasteiger partial charge is 0.259 e. The van der Waals surface area contributed by atoms with E-state index in [1.165, 1.54) is 6.07 Å². The first kappa shape index (κ1) is 11.6. The Morgan fingerprint density at radius 3 is 2.65 bits per heavy atom. The molecule has 4 heteroatoms.